The van der Waals surface area contributed by atoms with Crippen LogP contribution in [0.4, 0.5) is 0 Å². The van der Waals surface area contributed by atoms with E-state index in [1.807, 2.05) is 0 Å². The molecule has 2 fully saturated rings. The van der Waals surface area contributed by atoms with E-state index in [2.05, 4.69) is 0 Å². The molecule has 102 valence electrons. The van der Waals surface area contributed by atoms with Crippen LogP contribution in [0.15, 0.2) is 18.2 Å². The lowest BCUT2D eigenvalue weighted by molar-refractivity contribution is -0.154. The molecule has 2 saturated carbocycles. The summed E-state index contributed by atoms with van der Waals surface area (Å²) in [4.78, 5) is 11.8. The molecule has 1 aromatic rings. The van der Waals surface area contributed by atoms with Crippen LogP contribution in [0.3, 0.4) is 0 Å². The van der Waals surface area contributed by atoms with Crippen LogP contribution in [0.2, 0.25) is 10.0 Å². The number of rotatable bonds is 2. The van der Waals surface area contributed by atoms with Crippen LogP contribution in [0.25, 0.3) is 0 Å². The summed E-state index contributed by atoms with van der Waals surface area (Å²) in [6, 6.07) is 5.15. The second-order valence-electron chi connectivity index (χ2n) is 6.07. The van der Waals surface area contributed by atoms with Gasteiger partial charge in [0, 0.05) is 10.0 Å². The fourth-order valence-electron chi connectivity index (χ4n) is 4.04. The number of hydrogen-bond acceptors (Lipinski definition) is 1. The first-order valence-electron chi connectivity index (χ1n) is 6.67. The Hall–Kier alpha value is -0.730. The highest BCUT2D eigenvalue weighted by molar-refractivity contribution is 6.35. The molecule has 1 spiro atoms. The first-order chi connectivity index (χ1) is 8.97. The Labute approximate surface area is 122 Å². The van der Waals surface area contributed by atoms with Crippen molar-refractivity contribution in [3.63, 3.8) is 0 Å². The lowest BCUT2D eigenvalue weighted by atomic mass is 9.49. The molecule has 0 unspecified atom stereocenters. The Balaban J connectivity index is 1.97. The van der Waals surface area contributed by atoms with Crippen LogP contribution in [0.1, 0.15) is 44.1 Å². The van der Waals surface area contributed by atoms with Gasteiger partial charge >= 0.3 is 5.97 Å². The fraction of sp³-hybridized carbons (Fsp3) is 0.533. The topological polar surface area (TPSA) is 37.3 Å². The third kappa shape index (κ3) is 1.96. The summed E-state index contributed by atoms with van der Waals surface area (Å²) in [7, 11) is 0. The number of hydrogen-bond donors (Lipinski definition) is 1. The summed E-state index contributed by atoms with van der Waals surface area (Å²) in [5.41, 5.74) is 0.177. The average Bonchev–Trinajstić information content (AvgIpc) is 2.75. The lowest BCUT2D eigenvalue weighted by Crippen LogP contribution is -2.53. The maximum atomic E-state index is 11.8. The van der Waals surface area contributed by atoms with E-state index in [0.29, 0.717) is 10.0 Å². The van der Waals surface area contributed by atoms with E-state index in [4.69, 9.17) is 23.2 Å². The SMILES string of the molecule is O=C(O)C1(c2ccc(Cl)cc2Cl)CC2(CCCC2)C1. The molecule has 2 nitrogen and oxygen atoms in total. The molecule has 1 N–H and O–H groups in total. The molecule has 0 bridgehead atoms. The summed E-state index contributed by atoms with van der Waals surface area (Å²) in [5, 5.41) is 10.7. The van der Waals surface area contributed by atoms with Crippen LogP contribution in [0.5, 0.6) is 0 Å². The van der Waals surface area contributed by atoms with Crippen LogP contribution in [0, 0.1) is 5.41 Å². The van der Waals surface area contributed by atoms with Gasteiger partial charge in [0.15, 0.2) is 0 Å². The molecule has 19 heavy (non-hydrogen) atoms. The first-order valence-corrected chi connectivity index (χ1v) is 7.42. The quantitative estimate of drug-likeness (QED) is 0.861. The molecule has 0 aliphatic heterocycles. The van der Waals surface area contributed by atoms with Crippen LogP contribution < -0.4 is 0 Å². The smallest absolute Gasteiger partial charge is 0.314 e. The van der Waals surface area contributed by atoms with E-state index >= 15 is 0 Å². The average molecular weight is 299 g/mol. The van der Waals surface area contributed by atoms with Crippen molar-refractivity contribution >= 4 is 29.2 Å². The van der Waals surface area contributed by atoms with Gasteiger partial charge < -0.3 is 5.11 Å². The summed E-state index contributed by atoms with van der Waals surface area (Å²) in [6.07, 6.45) is 6.21. The minimum Gasteiger partial charge on any atom is -0.481 e. The zero-order valence-corrected chi connectivity index (χ0v) is 12.1. The number of halogens is 2. The summed E-state index contributed by atoms with van der Waals surface area (Å²) in [5.74, 6) is -0.755. The number of carbonyl (C=O) groups is 1. The minimum absolute atomic E-state index is 0.251. The van der Waals surface area contributed by atoms with Crippen molar-refractivity contribution in [3.05, 3.63) is 33.8 Å². The number of benzene rings is 1. The highest BCUT2D eigenvalue weighted by Gasteiger charge is 2.60. The molecule has 0 heterocycles. The van der Waals surface area contributed by atoms with E-state index in [1.54, 1.807) is 18.2 Å². The molecule has 4 heteroatoms. The van der Waals surface area contributed by atoms with Crippen molar-refractivity contribution in [2.75, 3.05) is 0 Å². The highest BCUT2D eigenvalue weighted by atomic mass is 35.5. The van der Waals surface area contributed by atoms with Crippen molar-refractivity contribution in [2.24, 2.45) is 5.41 Å². The van der Waals surface area contributed by atoms with Gasteiger partial charge in [0.25, 0.3) is 0 Å². The third-order valence-corrected chi connectivity index (χ3v) is 5.42. The molecule has 2 aliphatic carbocycles. The Morgan fingerprint density at radius 2 is 1.79 bits per heavy atom. The van der Waals surface area contributed by atoms with Gasteiger partial charge in [0.2, 0.25) is 0 Å². The van der Waals surface area contributed by atoms with E-state index in [-0.39, 0.29) is 5.41 Å². The Kier molecular flexibility index (Phi) is 3.06. The van der Waals surface area contributed by atoms with Crippen molar-refractivity contribution in [1.82, 2.24) is 0 Å². The first kappa shape index (κ1) is 13.3. The van der Waals surface area contributed by atoms with Gasteiger partial charge in [0.05, 0.1) is 5.41 Å². The lowest BCUT2D eigenvalue weighted by Gasteiger charge is -2.53. The van der Waals surface area contributed by atoms with Crippen molar-refractivity contribution in [2.45, 2.75) is 43.9 Å². The number of carboxylic acids is 1. The summed E-state index contributed by atoms with van der Waals surface area (Å²) in [6.45, 7) is 0. The van der Waals surface area contributed by atoms with Crippen molar-refractivity contribution in [3.8, 4) is 0 Å². The molecule has 1 aromatic carbocycles. The van der Waals surface area contributed by atoms with Gasteiger partial charge in [-0.05, 0) is 48.8 Å². The summed E-state index contributed by atoms with van der Waals surface area (Å²) >= 11 is 12.1. The number of aliphatic carboxylic acids is 1. The fourth-order valence-corrected chi connectivity index (χ4v) is 4.63. The van der Waals surface area contributed by atoms with Gasteiger partial charge in [-0.3, -0.25) is 4.79 Å². The maximum Gasteiger partial charge on any atom is 0.314 e. The third-order valence-electron chi connectivity index (χ3n) is 4.87. The monoisotopic (exact) mass is 298 g/mol. The standard InChI is InChI=1S/C15H16Cl2O2/c16-10-3-4-11(12(17)7-10)15(13(18)19)8-14(9-15)5-1-2-6-14/h3-4,7H,1-2,5-6,8-9H2,(H,18,19). The molecule has 0 aromatic heterocycles. The largest absolute Gasteiger partial charge is 0.481 e. The van der Waals surface area contributed by atoms with Gasteiger partial charge in [-0.15, -0.1) is 0 Å². The van der Waals surface area contributed by atoms with Gasteiger partial charge in [-0.1, -0.05) is 42.1 Å². The molecular formula is C15H16Cl2O2. The molecule has 3 rings (SSSR count). The van der Waals surface area contributed by atoms with Crippen LogP contribution in [-0.2, 0) is 10.2 Å². The second-order valence-corrected chi connectivity index (χ2v) is 6.92. The Morgan fingerprint density at radius 3 is 2.32 bits per heavy atom. The van der Waals surface area contributed by atoms with E-state index < -0.39 is 11.4 Å². The zero-order chi connectivity index (χ0) is 13.7. The van der Waals surface area contributed by atoms with Crippen molar-refractivity contribution < 1.29 is 9.90 Å². The molecule has 0 atom stereocenters. The van der Waals surface area contributed by atoms with E-state index in [1.165, 1.54) is 12.8 Å². The minimum atomic E-state index is -0.800. The number of carboxylic acid groups (broad SMARTS) is 1. The highest BCUT2D eigenvalue weighted by Crippen LogP contribution is 2.63. The Morgan fingerprint density at radius 1 is 1.16 bits per heavy atom. The van der Waals surface area contributed by atoms with Crippen LogP contribution >= 0.6 is 23.2 Å². The molecular weight excluding hydrogens is 283 g/mol. The normalized spacial score (nSPS) is 23.3. The molecule has 0 radical (unpaired) electrons. The predicted octanol–water partition coefficient (Wildman–Crippen LogP) is 4.67. The van der Waals surface area contributed by atoms with E-state index in [0.717, 1.165) is 31.2 Å². The van der Waals surface area contributed by atoms with E-state index in [9.17, 15) is 9.90 Å². The molecule has 0 amide bonds. The second kappa shape index (κ2) is 4.39. The molecule has 0 saturated heterocycles. The zero-order valence-electron chi connectivity index (χ0n) is 10.6. The molecule has 2 aliphatic rings. The van der Waals surface area contributed by atoms with Crippen molar-refractivity contribution in [1.29, 1.82) is 0 Å². The Bertz CT molecular complexity index is 525. The summed E-state index contributed by atoms with van der Waals surface area (Å²) < 4.78 is 0. The van der Waals surface area contributed by atoms with Crippen LogP contribution in [-0.4, -0.2) is 11.1 Å². The van der Waals surface area contributed by atoms with Gasteiger partial charge in [0.1, 0.15) is 0 Å². The van der Waals surface area contributed by atoms with Gasteiger partial charge in [-0.25, -0.2) is 0 Å². The maximum absolute atomic E-state index is 11.8. The predicted molar refractivity (Wildman–Crippen MR) is 75.9 cm³/mol. The van der Waals surface area contributed by atoms with Gasteiger partial charge in [-0.2, -0.15) is 0 Å².